The Bertz CT molecular complexity index is 614. The summed E-state index contributed by atoms with van der Waals surface area (Å²) >= 11 is 0. The molecule has 2 rings (SSSR count). The maximum atomic E-state index is 12.5. The second kappa shape index (κ2) is 4.47. The third-order valence-corrected chi connectivity index (χ3v) is 2.58. The number of fused-ring (bicyclic) bond motifs is 1. The minimum Gasteiger partial charge on any atom is -0.318 e. The van der Waals surface area contributed by atoms with Gasteiger partial charge in [0.2, 0.25) is 0 Å². The lowest BCUT2D eigenvalue weighted by Crippen LogP contribution is -2.46. The van der Waals surface area contributed by atoms with Crippen molar-refractivity contribution >= 4 is 17.5 Å². The summed E-state index contributed by atoms with van der Waals surface area (Å²) in [6, 6.07) is 2.04. The molecule has 2 amide bonds. The molecule has 0 aromatic heterocycles. The number of amides is 2. The van der Waals surface area contributed by atoms with E-state index in [4.69, 9.17) is 0 Å². The molecular weight excluding hydrogens is 283 g/mol. The number of halogens is 3. The molecule has 0 spiro atoms. The molecule has 0 saturated heterocycles. The fourth-order valence-electron chi connectivity index (χ4n) is 1.64. The molecule has 1 aromatic carbocycles. The van der Waals surface area contributed by atoms with Crippen LogP contribution in [0.1, 0.15) is 15.9 Å². The molecule has 2 N–H and O–H groups in total. The van der Waals surface area contributed by atoms with Gasteiger partial charge >= 0.3 is 18.2 Å². The molecule has 0 aliphatic carbocycles. The highest BCUT2D eigenvalue weighted by atomic mass is 19.4. The van der Waals surface area contributed by atoms with Crippen molar-refractivity contribution in [3.63, 3.8) is 0 Å². The third kappa shape index (κ3) is 2.39. The monoisotopic (exact) mass is 289 g/mol. The smallest absolute Gasteiger partial charge is 0.318 e. The number of nitro groups is 1. The molecule has 0 fully saturated rings. The van der Waals surface area contributed by atoms with Gasteiger partial charge in [-0.3, -0.25) is 25.0 Å². The number of nitrogens with zero attached hydrogens (tertiary/aromatic N) is 1. The predicted octanol–water partition coefficient (Wildman–Crippen LogP) is 0.990. The second-order valence-corrected chi connectivity index (χ2v) is 3.91. The van der Waals surface area contributed by atoms with E-state index >= 15 is 0 Å². The van der Waals surface area contributed by atoms with Gasteiger partial charge in [0.15, 0.2) is 0 Å². The van der Waals surface area contributed by atoms with Crippen molar-refractivity contribution in [1.29, 1.82) is 0 Å². The largest absolute Gasteiger partial charge is 0.416 e. The Balaban J connectivity index is 2.48. The van der Waals surface area contributed by atoms with E-state index in [1.165, 1.54) is 0 Å². The van der Waals surface area contributed by atoms with Gasteiger partial charge in [0.1, 0.15) is 0 Å². The van der Waals surface area contributed by atoms with Gasteiger partial charge in [-0.05, 0) is 18.2 Å². The highest BCUT2D eigenvalue weighted by Gasteiger charge is 2.38. The van der Waals surface area contributed by atoms with Crippen LogP contribution in [-0.2, 0) is 11.0 Å². The summed E-state index contributed by atoms with van der Waals surface area (Å²) < 4.78 is 37.6. The Kier molecular flexibility index (Phi) is 3.08. The zero-order chi connectivity index (χ0) is 15.1. The number of alkyl halides is 3. The molecule has 1 aliphatic rings. The van der Waals surface area contributed by atoms with Crippen LogP contribution >= 0.6 is 0 Å². The topological polar surface area (TPSA) is 101 Å². The van der Waals surface area contributed by atoms with E-state index in [9.17, 15) is 32.9 Å². The van der Waals surface area contributed by atoms with Gasteiger partial charge < -0.3 is 5.32 Å². The molecule has 1 atom stereocenters. The molecule has 1 heterocycles. The summed E-state index contributed by atoms with van der Waals surface area (Å²) in [6.45, 7) is 0. The quantitative estimate of drug-likeness (QED) is 0.594. The fraction of sp³-hybridized carbons (Fsp3) is 0.200. The first-order valence-electron chi connectivity index (χ1n) is 5.16. The predicted molar refractivity (Wildman–Crippen MR) is 58.3 cm³/mol. The molecule has 1 aromatic rings. The van der Waals surface area contributed by atoms with Crippen molar-refractivity contribution in [2.75, 3.05) is 5.32 Å². The van der Waals surface area contributed by atoms with Crippen LogP contribution in [0.2, 0.25) is 0 Å². The number of hydrogen-bond acceptors (Lipinski definition) is 4. The Morgan fingerprint density at radius 1 is 1.25 bits per heavy atom. The first kappa shape index (κ1) is 13.8. The van der Waals surface area contributed by atoms with Gasteiger partial charge in [-0.2, -0.15) is 13.2 Å². The molecule has 0 radical (unpaired) electrons. The van der Waals surface area contributed by atoms with Gasteiger partial charge in [0.05, 0.1) is 21.7 Å². The van der Waals surface area contributed by atoms with E-state index in [-0.39, 0.29) is 5.56 Å². The molecule has 20 heavy (non-hydrogen) atoms. The number of carbonyl (C=O) groups excluding carboxylic acids is 2. The lowest BCUT2D eigenvalue weighted by molar-refractivity contribution is -0.510. The molecular formula is C10H6F3N3O4. The standard InChI is InChI=1S/C10H6F3N3O4/c11-10(12,13)4-1-2-5-6(3-4)14-9(18)7(16(19)20)15-8(5)17/h1-3,7H,(H,14,18)(H,15,17). The first-order valence-corrected chi connectivity index (χ1v) is 5.16. The Morgan fingerprint density at radius 2 is 1.90 bits per heavy atom. The number of anilines is 1. The fourth-order valence-corrected chi connectivity index (χ4v) is 1.64. The zero-order valence-corrected chi connectivity index (χ0v) is 9.52. The molecule has 1 unspecified atom stereocenters. The molecule has 0 saturated carbocycles. The van der Waals surface area contributed by atoms with Gasteiger partial charge in [-0.25, -0.2) is 0 Å². The maximum Gasteiger partial charge on any atom is 0.416 e. The van der Waals surface area contributed by atoms with Crippen LogP contribution < -0.4 is 10.6 Å². The van der Waals surface area contributed by atoms with Gasteiger partial charge in [-0.1, -0.05) is 0 Å². The number of benzene rings is 1. The number of hydrogen-bond donors (Lipinski definition) is 2. The van der Waals surface area contributed by atoms with Crippen LogP contribution in [0.3, 0.4) is 0 Å². The number of carbonyl (C=O) groups is 2. The zero-order valence-electron chi connectivity index (χ0n) is 9.52. The average Bonchev–Trinajstić information content (AvgIpc) is 2.45. The van der Waals surface area contributed by atoms with Crippen molar-refractivity contribution in [1.82, 2.24) is 5.32 Å². The highest BCUT2D eigenvalue weighted by molar-refractivity contribution is 6.09. The van der Waals surface area contributed by atoms with Crippen LogP contribution in [-0.4, -0.2) is 22.9 Å². The van der Waals surface area contributed by atoms with Crippen LogP contribution in [0.25, 0.3) is 0 Å². The third-order valence-electron chi connectivity index (χ3n) is 2.58. The Morgan fingerprint density at radius 3 is 2.45 bits per heavy atom. The normalized spacial score (nSPS) is 18.6. The number of nitrogens with one attached hydrogen (secondary N) is 2. The first-order chi connectivity index (χ1) is 9.20. The molecule has 106 valence electrons. The summed E-state index contributed by atoms with van der Waals surface area (Å²) in [6.07, 6.45) is -6.71. The van der Waals surface area contributed by atoms with Crippen LogP contribution in [0, 0.1) is 10.1 Å². The highest BCUT2D eigenvalue weighted by Crippen LogP contribution is 2.32. The summed E-state index contributed by atoms with van der Waals surface area (Å²) in [4.78, 5) is 32.7. The van der Waals surface area contributed by atoms with E-state index < -0.39 is 40.3 Å². The maximum absolute atomic E-state index is 12.5. The van der Waals surface area contributed by atoms with Gasteiger partial charge in [0.25, 0.3) is 5.91 Å². The van der Waals surface area contributed by atoms with E-state index in [0.29, 0.717) is 12.1 Å². The second-order valence-electron chi connectivity index (χ2n) is 3.91. The van der Waals surface area contributed by atoms with Crippen molar-refractivity contribution in [3.05, 3.63) is 39.4 Å². The summed E-state index contributed by atoms with van der Waals surface area (Å²) in [7, 11) is 0. The molecule has 0 bridgehead atoms. The van der Waals surface area contributed by atoms with Gasteiger partial charge in [-0.15, -0.1) is 0 Å². The van der Waals surface area contributed by atoms with Crippen LogP contribution in [0.4, 0.5) is 18.9 Å². The van der Waals surface area contributed by atoms with Crippen molar-refractivity contribution in [2.24, 2.45) is 0 Å². The SMILES string of the molecule is O=C1NC([N+](=O)[O-])C(=O)Nc2cc(C(F)(F)F)ccc21. The minimum absolute atomic E-state index is 0.282. The van der Waals surface area contributed by atoms with Crippen molar-refractivity contribution in [3.8, 4) is 0 Å². The summed E-state index contributed by atoms with van der Waals surface area (Å²) in [5, 5.41) is 14.3. The Labute approximate surface area is 108 Å². The minimum atomic E-state index is -4.66. The molecule has 7 nitrogen and oxygen atoms in total. The lowest BCUT2D eigenvalue weighted by atomic mass is 10.1. The lowest BCUT2D eigenvalue weighted by Gasteiger charge is -2.10. The van der Waals surface area contributed by atoms with E-state index in [2.05, 4.69) is 0 Å². The average molecular weight is 289 g/mol. The molecule has 1 aliphatic heterocycles. The van der Waals surface area contributed by atoms with Crippen molar-refractivity contribution in [2.45, 2.75) is 12.3 Å². The van der Waals surface area contributed by atoms with Crippen LogP contribution in [0.15, 0.2) is 18.2 Å². The summed E-state index contributed by atoms with van der Waals surface area (Å²) in [5.74, 6) is -2.23. The molecule has 10 heteroatoms. The van der Waals surface area contributed by atoms with Gasteiger partial charge in [0, 0.05) is 0 Å². The van der Waals surface area contributed by atoms with Crippen molar-refractivity contribution < 1.29 is 27.7 Å². The van der Waals surface area contributed by atoms with E-state index in [1.807, 2.05) is 10.6 Å². The van der Waals surface area contributed by atoms with E-state index in [0.717, 1.165) is 6.07 Å². The summed E-state index contributed by atoms with van der Waals surface area (Å²) in [5.41, 5.74) is -1.79. The van der Waals surface area contributed by atoms with Crippen LogP contribution in [0.5, 0.6) is 0 Å². The Hall–Kier alpha value is -2.65. The van der Waals surface area contributed by atoms with E-state index in [1.54, 1.807) is 0 Å². The number of rotatable bonds is 1.